The lowest BCUT2D eigenvalue weighted by atomic mass is 10.0. The normalized spacial score (nSPS) is 11.7. The van der Waals surface area contributed by atoms with Gasteiger partial charge >= 0.3 is 0 Å². The second-order valence-electron chi connectivity index (χ2n) is 13.6. The number of hydrogen-bond acceptors (Lipinski definition) is 4. The van der Waals surface area contributed by atoms with Crippen LogP contribution in [0.3, 0.4) is 0 Å². The molecule has 0 amide bonds. The highest BCUT2D eigenvalue weighted by Gasteiger charge is 2.18. The Bertz CT molecular complexity index is 3200. The van der Waals surface area contributed by atoms with Crippen molar-refractivity contribution in [2.75, 3.05) is 0 Å². The van der Waals surface area contributed by atoms with E-state index in [4.69, 9.17) is 19.4 Å². The van der Waals surface area contributed by atoms with Gasteiger partial charge in [0.05, 0.1) is 11.0 Å². The first kappa shape index (κ1) is 30.3. The molecule has 3 aromatic heterocycles. The maximum atomic E-state index is 6.54. The monoisotopic (exact) mass is 690 g/mol. The van der Waals surface area contributed by atoms with Crippen LogP contribution in [-0.4, -0.2) is 19.5 Å². The largest absolute Gasteiger partial charge is 0.456 e. The van der Waals surface area contributed by atoms with Gasteiger partial charge in [0, 0.05) is 49.3 Å². The highest BCUT2D eigenvalue weighted by Crippen LogP contribution is 2.39. The molecule has 0 N–H and O–H groups in total. The standard InChI is InChI=1S/C49H30N4O/c1-3-11-31(12-4-1)32-19-21-35(22-20-32)48-50-47(34-14-5-2-6-15-34)51-49(52-48)36-24-26-40-42-30-37(25-28-44(42)54-45(40)29-36)53-43-18-10-9-17-39(43)41-27-23-33-13-7-8-16-38(33)46(41)53/h1-30H. The molecule has 5 nitrogen and oxygen atoms in total. The lowest BCUT2D eigenvalue weighted by Crippen LogP contribution is -2.00. The van der Waals surface area contributed by atoms with Gasteiger partial charge in [-0.05, 0) is 52.9 Å². The first-order valence-electron chi connectivity index (χ1n) is 18.1. The molecule has 0 saturated heterocycles. The number of furan rings is 1. The summed E-state index contributed by atoms with van der Waals surface area (Å²) in [5.74, 6) is 1.83. The number of nitrogens with zero attached hydrogens (tertiary/aromatic N) is 4. The molecule has 0 aliphatic carbocycles. The highest BCUT2D eigenvalue weighted by molar-refractivity contribution is 6.19. The van der Waals surface area contributed by atoms with E-state index in [1.807, 2.05) is 36.4 Å². The van der Waals surface area contributed by atoms with E-state index in [0.717, 1.165) is 49.9 Å². The fourth-order valence-electron chi connectivity index (χ4n) is 7.83. The van der Waals surface area contributed by atoms with Gasteiger partial charge in [-0.1, -0.05) is 146 Å². The Balaban J connectivity index is 1.04. The van der Waals surface area contributed by atoms with Crippen molar-refractivity contribution >= 4 is 54.5 Å². The molecule has 252 valence electrons. The molecule has 11 aromatic rings. The first-order chi connectivity index (χ1) is 26.7. The second kappa shape index (κ2) is 12.1. The van der Waals surface area contributed by atoms with Crippen LogP contribution in [0.25, 0.3) is 105 Å². The number of aromatic nitrogens is 4. The van der Waals surface area contributed by atoms with Crippen molar-refractivity contribution < 1.29 is 4.42 Å². The van der Waals surface area contributed by atoms with Crippen LogP contribution in [0.4, 0.5) is 0 Å². The van der Waals surface area contributed by atoms with Gasteiger partial charge in [0.15, 0.2) is 17.5 Å². The maximum absolute atomic E-state index is 6.54. The zero-order valence-electron chi connectivity index (χ0n) is 29.0. The molecule has 5 heteroatoms. The Morgan fingerprint density at radius 1 is 0.352 bits per heavy atom. The van der Waals surface area contributed by atoms with E-state index in [1.165, 1.54) is 38.1 Å². The van der Waals surface area contributed by atoms with Gasteiger partial charge in [-0.15, -0.1) is 0 Å². The molecule has 0 aliphatic rings. The fourth-order valence-corrected chi connectivity index (χ4v) is 7.83. The molecular weight excluding hydrogens is 661 g/mol. The van der Waals surface area contributed by atoms with Crippen molar-refractivity contribution in [2.24, 2.45) is 0 Å². The summed E-state index contributed by atoms with van der Waals surface area (Å²) in [6.07, 6.45) is 0. The summed E-state index contributed by atoms with van der Waals surface area (Å²) in [6.45, 7) is 0. The van der Waals surface area contributed by atoms with Crippen LogP contribution in [0.2, 0.25) is 0 Å². The average molecular weight is 691 g/mol. The summed E-state index contributed by atoms with van der Waals surface area (Å²) in [5.41, 5.74) is 10.1. The summed E-state index contributed by atoms with van der Waals surface area (Å²) in [5, 5.41) is 7.02. The van der Waals surface area contributed by atoms with Gasteiger partial charge in [0.1, 0.15) is 11.2 Å². The summed E-state index contributed by atoms with van der Waals surface area (Å²) < 4.78 is 8.93. The SMILES string of the molecule is c1ccc(-c2ccc(-c3nc(-c4ccccc4)nc(-c4ccc5c(c4)oc4ccc(-n6c7ccccc7c7ccc8ccccc8c76)cc45)n3)cc2)cc1. The van der Waals surface area contributed by atoms with Crippen LogP contribution < -0.4 is 0 Å². The molecule has 0 radical (unpaired) electrons. The highest BCUT2D eigenvalue weighted by atomic mass is 16.3. The minimum Gasteiger partial charge on any atom is -0.456 e. The quantitative estimate of drug-likeness (QED) is 0.180. The van der Waals surface area contributed by atoms with Crippen molar-refractivity contribution in [3.05, 3.63) is 182 Å². The van der Waals surface area contributed by atoms with Gasteiger partial charge in [0.25, 0.3) is 0 Å². The van der Waals surface area contributed by atoms with Crippen molar-refractivity contribution in [1.82, 2.24) is 19.5 Å². The van der Waals surface area contributed by atoms with Gasteiger partial charge in [-0.3, -0.25) is 0 Å². The molecule has 0 atom stereocenters. The van der Waals surface area contributed by atoms with E-state index in [-0.39, 0.29) is 0 Å². The molecule has 54 heavy (non-hydrogen) atoms. The molecule has 0 spiro atoms. The Labute approximate surface area is 310 Å². The van der Waals surface area contributed by atoms with Crippen molar-refractivity contribution in [2.45, 2.75) is 0 Å². The topological polar surface area (TPSA) is 56.7 Å². The van der Waals surface area contributed by atoms with Crippen molar-refractivity contribution in [3.63, 3.8) is 0 Å². The van der Waals surface area contributed by atoms with Crippen LogP contribution >= 0.6 is 0 Å². The Kier molecular flexibility index (Phi) is 6.79. The van der Waals surface area contributed by atoms with E-state index < -0.39 is 0 Å². The number of benzene rings is 8. The van der Waals surface area contributed by atoms with E-state index >= 15 is 0 Å². The fraction of sp³-hybridized carbons (Fsp3) is 0. The Morgan fingerprint density at radius 3 is 1.70 bits per heavy atom. The first-order valence-corrected chi connectivity index (χ1v) is 18.1. The third-order valence-corrected chi connectivity index (χ3v) is 10.4. The molecule has 8 aromatic carbocycles. The Morgan fingerprint density at radius 2 is 0.926 bits per heavy atom. The van der Waals surface area contributed by atoms with Crippen molar-refractivity contribution in [1.29, 1.82) is 0 Å². The zero-order valence-corrected chi connectivity index (χ0v) is 29.0. The minimum absolute atomic E-state index is 0.589. The van der Waals surface area contributed by atoms with Crippen molar-refractivity contribution in [3.8, 4) is 51.0 Å². The Hall–Kier alpha value is -7.37. The van der Waals surface area contributed by atoms with Gasteiger partial charge in [0.2, 0.25) is 0 Å². The van der Waals surface area contributed by atoms with Crippen LogP contribution in [0.15, 0.2) is 186 Å². The number of para-hydroxylation sites is 1. The summed E-state index contributed by atoms with van der Waals surface area (Å²) >= 11 is 0. The molecular formula is C49H30N4O. The molecule has 0 fully saturated rings. The van der Waals surface area contributed by atoms with Crippen LogP contribution in [0, 0.1) is 0 Å². The molecule has 0 unspecified atom stereocenters. The van der Waals surface area contributed by atoms with E-state index in [9.17, 15) is 0 Å². The van der Waals surface area contributed by atoms with E-state index in [0.29, 0.717) is 17.5 Å². The minimum atomic E-state index is 0.589. The zero-order chi connectivity index (χ0) is 35.6. The third kappa shape index (κ3) is 4.90. The lowest BCUT2D eigenvalue weighted by molar-refractivity contribution is 0.669. The number of fused-ring (bicyclic) bond motifs is 8. The van der Waals surface area contributed by atoms with Gasteiger partial charge < -0.3 is 8.98 Å². The second-order valence-corrected chi connectivity index (χ2v) is 13.6. The lowest BCUT2D eigenvalue weighted by Gasteiger charge is -2.10. The smallest absolute Gasteiger partial charge is 0.164 e. The van der Waals surface area contributed by atoms with Crippen LogP contribution in [-0.2, 0) is 0 Å². The summed E-state index contributed by atoms with van der Waals surface area (Å²) in [4.78, 5) is 15.0. The molecule has 3 heterocycles. The third-order valence-electron chi connectivity index (χ3n) is 10.4. The maximum Gasteiger partial charge on any atom is 0.164 e. The van der Waals surface area contributed by atoms with Crippen LogP contribution in [0.5, 0.6) is 0 Å². The predicted molar refractivity (Wildman–Crippen MR) is 221 cm³/mol. The molecule has 0 aliphatic heterocycles. The van der Waals surface area contributed by atoms with Gasteiger partial charge in [-0.25, -0.2) is 15.0 Å². The summed E-state index contributed by atoms with van der Waals surface area (Å²) in [7, 11) is 0. The molecule has 0 bridgehead atoms. The number of rotatable bonds is 5. The van der Waals surface area contributed by atoms with Gasteiger partial charge in [-0.2, -0.15) is 0 Å². The number of hydrogen-bond donors (Lipinski definition) is 0. The average Bonchev–Trinajstić information content (AvgIpc) is 3.79. The van der Waals surface area contributed by atoms with E-state index in [1.54, 1.807) is 0 Å². The van der Waals surface area contributed by atoms with Crippen LogP contribution in [0.1, 0.15) is 0 Å². The molecule has 11 rings (SSSR count). The summed E-state index contributed by atoms with van der Waals surface area (Å²) in [6, 6.07) is 63.3. The van der Waals surface area contributed by atoms with E-state index in [2.05, 4.69) is 150 Å². The molecule has 0 saturated carbocycles. The predicted octanol–water partition coefficient (Wildman–Crippen LogP) is 12.7.